The monoisotopic (exact) mass is 359 g/mol. The van der Waals surface area contributed by atoms with E-state index in [-0.39, 0.29) is 23.2 Å². The molecule has 2 atom stereocenters. The first-order valence-electron chi connectivity index (χ1n) is 6.92. The Morgan fingerprint density at radius 2 is 1.41 bits per heavy atom. The lowest BCUT2D eigenvalue weighted by Gasteiger charge is -2.28. The number of amides is 2. The number of alkyl halides is 1. The Kier molecular flexibility index (Phi) is 4.09. The Labute approximate surface area is 136 Å². The predicted molar refractivity (Wildman–Crippen MR) is 85.9 cm³/mol. The molecular formula is C17H14BrNO3. The van der Waals surface area contributed by atoms with Crippen LogP contribution < -0.4 is 0 Å². The SMILES string of the molecule is O=C1c2ccccc2C(=O)N1[C@@H](CO)C(Br)c1ccccc1. The number of halogens is 1. The summed E-state index contributed by atoms with van der Waals surface area (Å²) in [5.41, 5.74) is 1.68. The normalized spacial score (nSPS) is 16.5. The van der Waals surface area contributed by atoms with Gasteiger partial charge >= 0.3 is 0 Å². The first kappa shape index (κ1) is 14.9. The molecular weight excluding hydrogens is 346 g/mol. The second-order valence-corrected chi connectivity index (χ2v) is 6.07. The fourth-order valence-electron chi connectivity index (χ4n) is 2.67. The summed E-state index contributed by atoms with van der Waals surface area (Å²) in [6, 6.07) is 15.5. The maximum absolute atomic E-state index is 12.5. The molecule has 112 valence electrons. The number of fused-ring (bicyclic) bond motifs is 1. The lowest BCUT2D eigenvalue weighted by molar-refractivity contribution is 0.0515. The van der Waals surface area contributed by atoms with Gasteiger partial charge in [0, 0.05) is 0 Å². The quantitative estimate of drug-likeness (QED) is 0.674. The van der Waals surface area contributed by atoms with E-state index in [9.17, 15) is 14.7 Å². The van der Waals surface area contributed by atoms with Crippen molar-refractivity contribution in [1.29, 1.82) is 0 Å². The number of rotatable bonds is 4. The number of aliphatic hydroxyl groups excluding tert-OH is 1. The average Bonchev–Trinajstić information content (AvgIpc) is 2.82. The van der Waals surface area contributed by atoms with Crippen molar-refractivity contribution in [1.82, 2.24) is 4.90 Å². The summed E-state index contributed by atoms with van der Waals surface area (Å²) in [6.45, 7) is -0.309. The van der Waals surface area contributed by atoms with Gasteiger partial charge in [-0.3, -0.25) is 14.5 Å². The summed E-state index contributed by atoms with van der Waals surface area (Å²) < 4.78 is 0. The van der Waals surface area contributed by atoms with Crippen molar-refractivity contribution in [2.75, 3.05) is 6.61 Å². The Hall–Kier alpha value is -1.98. The third-order valence-electron chi connectivity index (χ3n) is 3.80. The summed E-state index contributed by atoms with van der Waals surface area (Å²) in [4.78, 5) is 25.9. The number of carbonyl (C=O) groups excluding carboxylic acids is 2. The van der Waals surface area contributed by atoms with Gasteiger partial charge in [0.25, 0.3) is 11.8 Å². The highest BCUT2D eigenvalue weighted by Crippen LogP contribution is 2.34. The molecule has 0 aromatic heterocycles. The Bertz CT molecular complexity index is 682. The molecule has 4 nitrogen and oxygen atoms in total. The minimum atomic E-state index is -0.658. The molecule has 5 heteroatoms. The topological polar surface area (TPSA) is 57.6 Å². The van der Waals surface area contributed by atoms with Crippen LogP contribution in [0, 0.1) is 0 Å². The van der Waals surface area contributed by atoms with Crippen LogP contribution in [0.5, 0.6) is 0 Å². The summed E-state index contributed by atoms with van der Waals surface area (Å²) >= 11 is 3.52. The van der Waals surface area contributed by atoms with Crippen LogP contribution in [0.3, 0.4) is 0 Å². The van der Waals surface area contributed by atoms with Crippen LogP contribution in [0.4, 0.5) is 0 Å². The minimum absolute atomic E-state index is 0.309. The third kappa shape index (κ3) is 2.36. The van der Waals surface area contributed by atoms with Gasteiger partial charge in [-0.05, 0) is 17.7 Å². The van der Waals surface area contributed by atoms with Gasteiger partial charge in [-0.25, -0.2) is 0 Å². The van der Waals surface area contributed by atoms with Crippen LogP contribution >= 0.6 is 15.9 Å². The molecule has 1 aliphatic heterocycles. The fourth-order valence-corrected chi connectivity index (χ4v) is 3.38. The van der Waals surface area contributed by atoms with Gasteiger partial charge in [-0.15, -0.1) is 0 Å². The van der Waals surface area contributed by atoms with E-state index in [4.69, 9.17) is 0 Å². The zero-order chi connectivity index (χ0) is 15.7. The van der Waals surface area contributed by atoms with Crippen LogP contribution in [0.25, 0.3) is 0 Å². The molecule has 0 aliphatic carbocycles. The standard InChI is InChI=1S/C17H14BrNO3/c18-15(11-6-2-1-3-7-11)14(10-20)19-16(21)12-8-4-5-9-13(12)17(19)22/h1-9,14-15,20H,10H2/t14-,15?/m0/s1. The van der Waals surface area contributed by atoms with E-state index in [1.54, 1.807) is 24.3 Å². The van der Waals surface area contributed by atoms with E-state index in [1.807, 2.05) is 30.3 Å². The van der Waals surface area contributed by atoms with Gasteiger partial charge in [-0.2, -0.15) is 0 Å². The molecule has 1 heterocycles. The summed E-state index contributed by atoms with van der Waals surface area (Å²) in [6.07, 6.45) is 0. The van der Waals surface area contributed by atoms with Crippen molar-refractivity contribution >= 4 is 27.7 Å². The molecule has 0 saturated heterocycles. The van der Waals surface area contributed by atoms with E-state index in [0.717, 1.165) is 10.5 Å². The van der Waals surface area contributed by atoms with Crippen LogP contribution in [0.1, 0.15) is 31.1 Å². The summed E-state index contributed by atoms with van der Waals surface area (Å²) in [7, 11) is 0. The number of nitrogens with zero attached hydrogens (tertiary/aromatic N) is 1. The predicted octanol–water partition coefficient (Wildman–Crippen LogP) is 2.78. The van der Waals surface area contributed by atoms with Crippen molar-refractivity contribution in [3.05, 3.63) is 71.3 Å². The molecule has 22 heavy (non-hydrogen) atoms. The zero-order valence-electron chi connectivity index (χ0n) is 11.6. The third-order valence-corrected chi connectivity index (χ3v) is 4.94. The van der Waals surface area contributed by atoms with Crippen molar-refractivity contribution in [2.45, 2.75) is 10.9 Å². The highest BCUT2D eigenvalue weighted by atomic mass is 79.9. The second-order valence-electron chi connectivity index (χ2n) is 5.09. The first-order chi connectivity index (χ1) is 10.6. The van der Waals surface area contributed by atoms with Crippen LogP contribution in [-0.4, -0.2) is 34.5 Å². The molecule has 0 radical (unpaired) electrons. The number of hydrogen-bond donors (Lipinski definition) is 1. The van der Waals surface area contributed by atoms with Crippen LogP contribution in [-0.2, 0) is 0 Å². The second kappa shape index (κ2) is 6.02. The van der Waals surface area contributed by atoms with Gasteiger partial charge in [0.05, 0.1) is 28.6 Å². The highest BCUT2D eigenvalue weighted by molar-refractivity contribution is 9.09. The molecule has 2 aromatic carbocycles. The number of aliphatic hydroxyl groups is 1. The van der Waals surface area contributed by atoms with E-state index >= 15 is 0 Å². The summed E-state index contributed by atoms with van der Waals surface area (Å²) in [5, 5.41) is 9.76. The number of imide groups is 1. The van der Waals surface area contributed by atoms with E-state index in [1.165, 1.54) is 0 Å². The van der Waals surface area contributed by atoms with Crippen molar-refractivity contribution in [3.63, 3.8) is 0 Å². The number of carbonyl (C=O) groups is 2. The maximum atomic E-state index is 12.5. The fraction of sp³-hybridized carbons (Fsp3) is 0.176. The summed E-state index contributed by atoms with van der Waals surface area (Å²) in [5.74, 6) is -0.722. The molecule has 1 aliphatic rings. The Balaban J connectivity index is 1.96. The highest BCUT2D eigenvalue weighted by Gasteiger charge is 2.42. The molecule has 0 bridgehead atoms. The van der Waals surface area contributed by atoms with Crippen LogP contribution in [0.2, 0.25) is 0 Å². The van der Waals surface area contributed by atoms with Gasteiger partial charge in [0.1, 0.15) is 0 Å². The molecule has 3 rings (SSSR count). The minimum Gasteiger partial charge on any atom is -0.394 e. The molecule has 2 amide bonds. The van der Waals surface area contributed by atoms with Gasteiger partial charge in [-0.1, -0.05) is 58.4 Å². The van der Waals surface area contributed by atoms with E-state index in [0.29, 0.717) is 11.1 Å². The smallest absolute Gasteiger partial charge is 0.261 e. The molecule has 1 N–H and O–H groups in total. The molecule has 0 spiro atoms. The maximum Gasteiger partial charge on any atom is 0.261 e. The Morgan fingerprint density at radius 3 is 1.91 bits per heavy atom. The van der Waals surface area contributed by atoms with Crippen LogP contribution in [0.15, 0.2) is 54.6 Å². The molecule has 0 saturated carbocycles. The number of hydrogen-bond acceptors (Lipinski definition) is 3. The van der Waals surface area contributed by atoms with Gasteiger partial charge in [0.2, 0.25) is 0 Å². The van der Waals surface area contributed by atoms with E-state index in [2.05, 4.69) is 15.9 Å². The zero-order valence-corrected chi connectivity index (χ0v) is 13.2. The Morgan fingerprint density at radius 1 is 0.909 bits per heavy atom. The molecule has 2 aromatic rings. The lowest BCUT2D eigenvalue weighted by Crippen LogP contribution is -2.44. The molecule has 0 fully saturated rings. The van der Waals surface area contributed by atoms with Gasteiger partial charge < -0.3 is 5.11 Å². The average molecular weight is 360 g/mol. The van der Waals surface area contributed by atoms with Crippen molar-refractivity contribution < 1.29 is 14.7 Å². The van der Waals surface area contributed by atoms with Crippen molar-refractivity contribution in [3.8, 4) is 0 Å². The largest absolute Gasteiger partial charge is 0.394 e. The van der Waals surface area contributed by atoms with Crippen molar-refractivity contribution in [2.24, 2.45) is 0 Å². The van der Waals surface area contributed by atoms with E-state index < -0.39 is 6.04 Å². The first-order valence-corrected chi connectivity index (χ1v) is 7.83. The number of benzene rings is 2. The molecule has 1 unspecified atom stereocenters. The lowest BCUT2D eigenvalue weighted by atomic mass is 10.1. The van der Waals surface area contributed by atoms with Gasteiger partial charge in [0.15, 0.2) is 0 Å².